The van der Waals surface area contributed by atoms with E-state index in [-0.39, 0.29) is 18.0 Å². The summed E-state index contributed by atoms with van der Waals surface area (Å²) in [5, 5.41) is 17.6. The lowest BCUT2D eigenvalue weighted by Crippen LogP contribution is -2.64. The van der Waals surface area contributed by atoms with Crippen LogP contribution in [-0.2, 0) is 30.1 Å². The van der Waals surface area contributed by atoms with E-state index in [1.54, 1.807) is 0 Å². The lowest BCUT2D eigenvalue weighted by atomic mass is 9.72. The molecule has 1 aromatic carbocycles. The van der Waals surface area contributed by atoms with Gasteiger partial charge in [0.1, 0.15) is 17.8 Å². The number of likely N-dealkylation sites (N-methyl/N-ethyl adjacent to an activating group) is 1. The number of hydrogen-bond acceptors (Lipinski definition) is 9. The summed E-state index contributed by atoms with van der Waals surface area (Å²) in [4.78, 5) is 58.3. The summed E-state index contributed by atoms with van der Waals surface area (Å²) in [7, 11) is 0.0880. The molecular weight excluding hydrogens is 481 g/mol. The SMILES string of the molecule is CN[C@H]1C(=O)OB(C(CC(C)C)NC(=O)C(Cc2ccccc2)NC(=O)c2cnccn2)O[C@H]1C(=O)O. The van der Waals surface area contributed by atoms with Crippen LogP contribution in [0.25, 0.3) is 0 Å². The van der Waals surface area contributed by atoms with E-state index in [0.717, 1.165) is 5.56 Å². The Morgan fingerprint density at radius 1 is 1.14 bits per heavy atom. The number of carbonyl (C=O) groups excluding carboxylic acids is 3. The number of carboxylic acid groups (broad SMARTS) is 1. The predicted octanol–water partition coefficient (Wildman–Crippen LogP) is -0.00940. The highest BCUT2D eigenvalue weighted by atomic mass is 16.6. The third-order valence-electron chi connectivity index (χ3n) is 5.71. The van der Waals surface area contributed by atoms with Gasteiger partial charge in [-0.1, -0.05) is 44.2 Å². The van der Waals surface area contributed by atoms with Gasteiger partial charge in [-0.15, -0.1) is 0 Å². The van der Waals surface area contributed by atoms with Crippen molar-refractivity contribution in [1.29, 1.82) is 0 Å². The van der Waals surface area contributed by atoms with E-state index >= 15 is 0 Å². The number of carbonyl (C=O) groups is 4. The van der Waals surface area contributed by atoms with Crippen molar-refractivity contribution in [3.05, 3.63) is 60.2 Å². The molecule has 2 unspecified atom stereocenters. The summed E-state index contributed by atoms with van der Waals surface area (Å²) in [5.41, 5.74) is 0.838. The molecule has 1 aromatic heterocycles. The van der Waals surface area contributed by atoms with Gasteiger partial charge < -0.3 is 30.4 Å². The molecule has 0 spiro atoms. The zero-order chi connectivity index (χ0) is 26.9. The molecule has 0 aliphatic carbocycles. The van der Waals surface area contributed by atoms with Crippen LogP contribution in [-0.4, -0.2) is 77.1 Å². The van der Waals surface area contributed by atoms with Crippen LogP contribution in [0.15, 0.2) is 48.9 Å². The van der Waals surface area contributed by atoms with Crippen molar-refractivity contribution < 1.29 is 33.6 Å². The number of rotatable bonds is 11. The van der Waals surface area contributed by atoms with Crippen LogP contribution in [0.2, 0.25) is 0 Å². The maximum atomic E-state index is 13.5. The van der Waals surface area contributed by atoms with E-state index in [4.69, 9.17) is 9.31 Å². The molecule has 1 aliphatic heterocycles. The number of benzene rings is 1. The van der Waals surface area contributed by atoms with Gasteiger partial charge >= 0.3 is 19.1 Å². The molecule has 1 saturated heterocycles. The summed E-state index contributed by atoms with van der Waals surface area (Å²) in [6, 6.07) is 6.89. The molecule has 1 fully saturated rings. The van der Waals surface area contributed by atoms with Gasteiger partial charge in [-0.05, 0) is 24.9 Å². The first-order valence-electron chi connectivity index (χ1n) is 11.9. The molecule has 4 N–H and O–H groups in total. The Morgan fingerprint density at radius 2 is 1.86 bits per heavy atom. The van der Waals surface area contributed by atoms with Gasteiger partial charge in [0.25, 0.3) is 5.91 Å². The average Bonchev–Trinajstić information content (AvgIpc) is 2.88. The molecule has 0 saturated carbocycles. The van der Waals surface area contributed by atoms with Crippen LogP contribution in [0.4, 0.5) is 0 Å². The van der Waals surface area contributed by atoms with Crippen molar-refractivity contribution in [2.45, 2.75) is 50.8 Å². The topological polar surface area (TPSA) is 169 Å². The predicted molar refractivity (Wildman–Crippen MR) is 132 cm³/mol. The zero-order valence-electron chi connectivity index (χ0n) is 20.8. The second-order valence-electron chi connectivity index (χ2n) is 9.02. The highest BCUT2D eigenvalue weighted by Crippen LogP contribution is 2.19. The first-order chi connectivity index (χ1) is 17.7. The first-order valence-corrected chi connectivity index (χ1v) is 11.9. The molecule has 196 valence electrons. The van der Waals surface area contributed by atoms with Gasteiger partial charge in [0.05, 0.1) is 12.1 Å². The number of nitrogens with one attached hydrogen (secondary N) is 3. The van der Waals surface area contributed by atoms with Crippen molar-refractivity contribution in [2.75, 3.05) is 7.05 Å². The van der Waals surface area contributed by atoms with Crippen molar-refractivity contribution in [3.63, 3.8) is 0 Å². The van der Waals surface area contributed by atoms with Crippen LogP contribution in [0.3, 0.4) is 0 Å². The molecular formula is C24H30BN5O7. The highest BCUT2D eigenvalue weighted by molar-refractivity contribution is 6.50. The molecule has 0 radical (unpaired) electrons. The molecule has 1 aliphatic rings. The minimum Gasteiger partial charge on any atom is -0.507 e. The van der Waals surface area contributed by atoms with E-state index in [1.807, 2.05) is 44.2 Å². The molecule has 0 bridgehead atoms. The van der Waals surface area contributed by atoms with E-state index in [2.05, 4.69) is 25.9 Å². The monoisotopic (exact) mass is 511 g/mol. The maximum Gasteiger partial charge on any atom is 0.552 e. The van der Waals surface area contributed by atoms with Gasteiger partial charge in [-0.2, -0.15) is 0 Å². The number of carboxylic acids is 1. The second-order valence-corrected chi connectivity index (χ2v) is 9.02. The van der Waals surface area contributed by atoms with Crippen molar-refractivity contribution >= 4 is 30.9 Å². The first kappa shape index (κ1) is 27.7. The Labute approximate surface area is 214 Å². The van der Waals surface area contributed by atoms with E-state index in [0.29, 0.717) is 6.42 Å². The fraction of sp³-hybridized carbons (Fsp3) is 0.417. The molecule has 2 amide bonds. The van der Waals surface area contributed by atoms with Gasteiger partial charge in [-0.25, -0.2) is 9.78 Å². The summed E-state index contributed by atoms with van der Waals surface area (Å²) in [6.45, 7) is 3.79. The summed E-state index contributed by atoms with van der Waals surface area (Å²) < 4.78 is 11.0. The van der Waals surface area contributed by atoms with Crippen LogP contribution < -0.4 is 16.0 Å². The van der Waals surface area contributed by atoms with E-state index in [9.17, 15) is 24.3 Å². The van der Waals surface area contributed by atoms with Crippen LogP contribution in [0.1, 0.15) is 36.3 Å². The lowest BCUT2D eigenvalue weighted by Gasteiger charge is -2.35. The second kappa shape index (κ2) is 12.9. The van der Waals surface area contributed by atoms with Crippen molar-refractivity contribution in [1.82, 2.24) is 25.9 Å². The Morgan fingerprint density at radius 3 is 2.46 bits per heavy atom. The average molecular weight is 511 g/mol. The molecule has 37 heavy (non-hydrogen) atoms. The molecule has 12 nitrogen and oxygen atoms in total. The molecule has 4 atom stereocenters. The van der Waals surface area contributed by atoms with Crippen molar-refractivity contribution in [2.24, 2.45) is 5.92 Å². The Hall–Kier alpha value is -3.84. The normalized spacial score (nSPS) is 19.0. The molecule has 2 heterocycles. The summed E-state index contributed by atoms with van der Waals surface area (Å²) in [5.74, 6) is -4.14. The maximum absolute atomic E-state index is 13.5. The standard InChI is InChI=1S/C24H30BN5O7/c1-14(2)11-18(25-36-20(23(33)34)19(26-3)24(35)37-25)30-21(31)16(12-15-7-5-4-6-8-15)29-22(32)17-13-27-9-10-28-17/h4-10,13-14,16,18-20,26H,11-12H2,1-3H3,(H,29,32)(H,30,31)(H,33,34)/t16?,18?,19-,20-/m1/s1. The fourth-order valence-electron chi connectivity index (χ4n) is 3.95. The van der Waals surface area contributed by atoms with Crippen molar-refractivity contribution in [3.8, 4) is 0 Å². The number of aliphatic carboxylic acids is 1. The molecule has 13 heteroatoms. The minimum absolute atomic E-state index is 0.0275. The van der Waals surface area contributed by atoms with Gasteiger partial charge in [0.2, 0.25) is 5.91 Å². The van der Waals surface area contributed by atoms with Gasteiger partial charge in [0, 0.05) is 18.8 Å². The Kier molecular flexibility index (Phi) is 9.69. The molecule has 3 rings (SSSR count). The van der Waals surface area contributed by atoms with Gasteiger partial charge in [-0.3, -0.25) is 19.4 Å². The number of aromatic nitrogens is 2. The summed E-state index contributed by atoms with van der Waals surface area (Å²) >= 11 is 0. The lowest BCUT2D eigenvalue weighted by molar-refractivity contribution is -0.161. The highest BCUT2D eigenvalue weighted by Gasteiger charge is 2.49. The van der Waals surface area contributed by atoms with E-state index in [1.165, 1.54) is 25.6 Å². The number of nitrogens with zero attached hydrogens (tertiary/aromatic N) is 2. The minimum atomic E-state index is -1.50. The number of hydrogen-bond donors (Lipinski definition) is 4. The smallest absolute Gasteiger partial charge is 0.507 e. The third kappa shape index (κ3) is 7.57. The largest absolute Gasteiger partial charge is 0.552 e. The third-order valence-corrected chi connectivity index (χ3v) is 5.71. The fourth-order valence-corrected chi connectivity index (χ4v) is 3.95. The van der Waals surface area contributed by atoms with Gasteiger partial charge in [0.15, 0.2) is 6.10 Å². The summed E-state index contributed by atoms with van der Waals surface area (Å²) in [6.07, 6.45) is 3.06. The van der Waals surface area contributed by atoms with Crippen LogP contribution in [0.5, 0.6) is 0 Å². The Bertz CT molecular complexity index is 1090. The van der Waals surface area contributed by atoms with Crippen LogP contribution >= 0.6 is 0 Å². The quantitative estimate of drug-likeness (QED) is 0.301. The Balaban J connectivity index is 1.83. The van der Waals surface area contributed by atoms with E-state index < -0.39 is 55.0 Å². The number of amides is 2. The van der Waals surface area contributed by atoms with Crippen LogP contribution in [0, 0.1) is 5.92 Å². The zero-order valence-corrected chi connectivity index (χ0v) is 20.8. The molecule has 2 aromatic rings.